The maximum atomic E-state index is 10.6. The van der Waals surface area contributed by atoms with Crippen LogP contribution in [-0.2, 0) is 10.1 Å². The molecule has 12 heavy (non-hydrogen) atoms. The molecular formula is C6H12N2O3S. The van der Waals surface area contributed by atoms with Crippen molar-refractivity contribution in [2.45, 2.75) is 12.2 Å². The zero-order chi connectivity index (χ0) is 9.19. The summed E-state index contributed by atoms with van der Waals surface area (Å²) in [5.74, 6) is 0. The normalized spacial score (nSPS) is 20.0. The van der Waals surface area contributed by atoms with E-state index in [0.29, 0.717) is 13.1 Å². The van der Waals surface area contributed by atoms with E-state index >= 15 is 0 Å². The van der Waals surface area contributed by atoms with Crippen LogP contribution in [0.4, 0.5) is 0 Å². The monoisotopic (exact) mass is 192 g/mol. The summed E-state index contributed by atoms with van der Waals surface area (Å²) < 4.78 is 29.9. The lowest BCUT2D eigenvalue weighted by Gasteiger charge is -2.16. The van der Waals surface area contributed by atoms with Gasteiger partial charge in [-0.25, -0.2) is 0 Å². The number of rotatable bonds is 3. The van der Waals surface area contributed by atoms with Crippen LogP contribution < -0.4 is 0 Å². The maximum absolute atomic E-state index is 10.6. The molecule has 0 radical (unpaired) electrons. The minimum absolute atomic E-state index is 0.308. The van der Waals surface area contributed by atoms with E-state index in [1.165, 1.54) is 6.92 Å². The predicted molar refractivity (Wildman–Crippen MR) is 45.9 cm³/mol. The van der Waals surface area contributed by atoms with Crippen molar-refractivity contribution in [3.63, 3.8) is 0 Å². The first-order chi connectivity index (χ1) is 5.50. The summed E-state index contributed by atoms with van der Waals surface area (Å²) in [5.41, 5.74) is 0. The Labute approximate surface area is 71.8 Å². The first-order valence-electron chi connectivity index (χ1n) is 3.70. The third-order valence-corrected chi connectivity index (χ3v) is 2.93. The molecule has 5 nitrogen and oxygen atoms in total. The van der Waals surface area contributed by atoms with E-state index in [9.17, 15) is 8.42 Å². The maximum Gasteiger partial charge on any atom is 0.269 e. The van der Waals surface area contributed by atoms with Crippen LogP contribution >= 0.6 is 0 Å². The summed E-state index contributed by atoms with van der Waals surface area (Å²) in [6, 6.07) is 0. The highest BCUT2D eigenvalue weighted by Crippen LogP contribution is 2.02. The average Bonchev–Trinajstić information content (AvgIpc) is 2.37. The molecule has 0 spiro atoms. The Morgan fingerprint density at radius 1 is 1.75 bits per heavy atom. The Bertz CT molecular complexity index is 273. The molecule has 0 aromatic rings. The van der Waals surface area contributed by atoms with Crippen molar-refractivity contribution in [3.8, 4) is 0 Å². The van der Waals surface area contributed by atoms with Crippen molar-refractivity contribution in [2.75, 3.05) is 19.6 Å². The summed E-state index contributed by atoms with van der Waals surface area (Å²) in [7, 11) is -3.89. The molecule has 6 heteroatoms. The highest BCUT2D eigenvalue weighted by atomic mass is 32.2. The molecule has 1 aliphatic heterocycles. The minimum atomic E-state index is -3.89. The van der Waals surface area contributed by atoms with Gasteiger partial charge < -0.3 is 4.90 Å². The van der Waals surface area contributed by atoms with Gasteiger partial charge in [0.05, 0.1) is 12.9 Å². The Balaban J connectivity index is 2.46. The standard InChI is InChI=1S/C6H12N2O3S/c1-6(12(9,10)11)4-8-3-2-7-5-8/h5-6H,2-4H2,1H3,(H,9,10,11). The fourth-order valence-corrected chi connectivity index (χ4v) is 1.36. The van der Waals surface area contributed by atoms with Gasteiger partial charge in [-0.05, 0) is 6.92 Å². The lowest BCUT2D eigenvalue weighted by molar-refractivity contribution is 0.425. The van der Waals surface area contributed by atoms with Gasteiger partial charge >= 0.3 is 0 Å². The van der Waals surface area contributed by atoms with E-state index in [4.69, 9.17) is 4.55 Å². The SMILES string of the molecule is CC(CN1C=NCC1)S(=O)(=O)O. The van der Waals surface area contributed by atoms with Crippen LogP contribution in [0.5, 0.6) is 0 Å². The zero-order valence-electron chi connectivity index (χ0n) is 6.84. The molecule has 0 saturated carbocycles. The summed E-state index contributed by atoms with van der Waals surface area (Å²) in [5, 5.41) is -0.748. The van der Waals surface area contributed by atoms with Gasteiger partial charge in [0.25, 0.3) is 10.1 Å². The second kappa shape index (κ2) is 3.40. The molecule has 1 atom stereocenters. The van der Waals surface area contributed by atoms with Crippen molar-refractivity contribution in [1.82, 2.24) is 4.90 Å². The average molecular weight is 192 g/mol. The Kier molecular flexibility index (Phi) is 2.69. The number of nitrogens with zero attached hydrogens (tertiary/aromatic N) is 2. The van der Waals surface area contributed by atoms with Crippen molar-refractivity contribution >= 4 is 16.5 Å². The van der Waals surface area contributed by atoms with Crippen LogP contribution in [0.3, 0.4) is 0 Å². The van der Waals surface area contributed by atoms with Crippen LogP contribution in [0.15, 0.2) is 4.99 Å². The van der Waals surface area contributed by atoms with Crippen molar-refractivity contribution in [2.24, 2.45) is 4.99 Å². The van der Waals surface area contributed by atoms with Crippen molar-refractivity contribution in [3.05, 3.63) is 0 Å². The van der Waals surface area contributed by atoms with E-state index < -0.39 is 15.4 Å². The molecule has 0 aromatic carbocycles. The van der Waals surface area contributed by atoms with Crippen LogP contribution in [-0.4, -0.2) is 49.1 Å². The molecule has 1 N–H and O–H groups in total. The summed E-state index contributed by atoms with van der Waals surface area (Å²) >= 11 is 0. The molecule has 0 aliphatic carbocycles. The fourth-order valence-electron chi connectivity index (χ4n) is 0.980. The van der Waals surface area contributed by atoms with E-state index in [1.807, 2.05) is 0 Å². The third-order valence-electron chi connectivity index (χ3n) is 1.76. The van der Waals surface area contributed by atoms with E-state index in [-0.39, 0.29) is 0 Å². The zero-order valence-corrected chi connectivity index (χ0v) is 7.66. The van der Waals surface area contributed by atoms with Gasteiger partial charge in [0.15, 0.2) is 0 Å². The van der Waals surface area contributed by atoms with E-state index in [0.717, 1.165) is 6.54 Å². The highest BCUT2D eigenvalue weighted by Gasteiger charge is 2.20. The molecule has 0 aromatic heterocycles. The van der Waals surface area contributed by atoms with E-state index in [2.05, 4.69) is 4.99 Å². The molecule has 70 valence electrons. The molecule has 1 unspecified atom stereocenters. The largest absolute Gasteiger partial charge is 0.360 e. The summed E-state index contributed by atoms with van der Waals surface area (Å²) in [4.78, 5) is 5.70. The molecule has 0 saturated heterocycles. The van der Waals surface area contributed by atoms with Crippen LogP contribution in [0, 0.1) is 0 Å². The smallest absolute Gasteiger partial charge is 0.269 e. The van der Waals surface area contributed by atoms with Crippen LogP contribution in [0.25, 0.3) is 0 Å². The van der Waals surface area contributed by atoms with Gasteiger partial charge in [0, 0.05) is 13.1 Å². The molecule has 0 bridgehead atoms. The van der Waals surface area contributed by atoms with Crippen LogP contribution in [0.2, 0.25) is 0 Å². The van der Waals surface area contributed by atoms with Gasteiger partial charge in [-0.15, -0.1) is 0 Å². The quantitative estimate of drug-likeness (QED) is 0.618. The predicted octanol–water partition coefficient (Wildman–Crippen LogP) is -0.393. The Hall–Kier alpha value is -0.620. The van der Waals surface area contributed by atoms with E-state index in [1.54, 1.807) is 11.2 Å². The molecule has 0 fully saturated rings. The molecule has 0 amide bonds. The molecular weight excluding hydrogens is 180 g/mol. The van der Waals surface area contributed by atoms with Gasteiger partial charge in [-0.3, -0.25) is 9.55 Å². The summed E-state index contributed by atoms with van der Waals surface area (Å²) in [6.45, 7) is 3.22. The third kappa shape index (κ3) is 2.46. The van der Waals surface area contributed by atoms with Gasteiger partial charge in [0.1, 0.15) is 5.25 Å². The lowest BCUT2D eigenvalue weighted by atomic mass is 10.4. The fraction of sp³-hybridized carbons (Fsp3) is 0.833. The second-order valence-corrected chi connectivity index (χ2v) is 4.68. The van der Waals surface area contributed by atoms with Gasteiger partial charge in [-0.1, -0.05) is 0 Å². The van der Waals surface area contributed by atoms with Crippen molar-refractivity contribution < 1.29 is 13.0 Å². The van der Waals surface area contributed by atoms with Gasteiger partial charge in [-0.2, -0.15) is 8.42 Å². The first-order valence-corrected chi connectivity index (χ1v) is 5.21. The second-order valence-electron chi connectivity index (χ2n) is 2.84. The first kappa shape index (κ1) is 9.47. The van der Waals surface area contributed by atoms with Crippen molar-refractivity contribution in [1.29, 1.82) is 0 Å². The Morgan fingerprint density at radius 3 is 2.83 bits per heavy atom. The number of aliphatic imine (C=N–C) groups is 1. The highest BCUT2D eigenvalue weighted by molar-refractivity contribution is 7.86. The molecule has 1 aliphatic rings. The molecule has 1 rings (SSSR count). The number of hydrogen-bond acceptors (Lipinski definition) is 4. The lowest BCUT2D eigenvalue weighted by Crippen LogP contribution is -2.33. The topological polar surface area (TPSA) is 70.0 Å². The van der Waals surface area contributed by atoms with Crippen LogP contribution in [0.1, 0.15) is 6.92 Å². The van der Waals surface area contributed by atoms with Gasteiger partial charge in [0.2, 0.25) is 0 Å². The summed E-state index contributed by atoms with van der Waals surface area (Å²) in [6.07, 6.45) is 1.61. The minimum Gasteiger partial charge on any atom is -0.360 e. The Morgan fingerprint density at radius 2 is 2.42 bits per heavy atom. The number of hydrogen-bond donors (Lipinski definition) is 1. The molecule has 1 heterocycles.